The molecule has 0 radical (unpaired) electrons. The summed E-state index contributed by atoms with van der Waals surface area (Å²) >= 11 is 0. The van der Waals surface area contributed by atoms with Crippen LogP contribution in [-0.4, -0.2) is 17.5 Å². The molecule has 3 aromatic rings. The molecule has 6 nitrogen and oxygen atoms in total. The predicted octanol–water partition coefficient (Wildman–Crippen LogP) is 4.57. The molecule has 2 aromatic carbocycles. The van der Waals surface area contributed by atoms with Crippen LogP contribution in [0.3, 0.4) is 0 Å². The Morgan fingerprint density at radius 1 is 1.03 bits per heavy atom. The number of unbranched alkanes of at least 4 members (excludes halogenated alkanes) is 1. The molecule has 0 unspecified atom stereocenters. The molecule has 0 fully saturated rings. The summed E-state index contributed by atoms with van der Waals surface area (Å²) in [5.41, 5.74) is 7.05. The molecule has 0 saturated heterocycles. The first-order valence-electron chi connectivity index (χ1n) is 9.64. The number of carbonyl (C=O) groups excluding carboxylic acids is 1. The number of rotatable bonds is 9. The molecule has 150 valence electrons. The topological polar surface area (TPSA) is 86.5 Å². The van der Waals surface area contributed by atoms with E-state index >= 15 is 0 Å². The van der Waals surface area contributed by atoms with Gasteiger partial charge >= 0.3 is 0 Å². The quantitative estimate of drug-likeness (QED) is 0.522. The summed E-state index contributed by atoms with van der Waals surface area (Å²) < 4.78 is 11.8. The molecule has 1 heterocycles. The second-order valence-corrected chi connectivity index (χ2v) is 6.51. The van der Waals surface area contributed by atoms with Crippen molar-refractivity contribution in [2.75, 3.05) is 12.3 Å². The van der Waals surface area contributed by atoms with Crippen molar-refractivity contribution in [2.45, 2.75) is 26.3 Å². The molecule has 1 amide bonds. The van der Waals surface area contributed by atoms with Crippen molar-refractivity contribution in [3.8, 4) is 17.2 Å². The number of carbonyl (C=O) groups is 1. The number of nitrogens with zero attached hydrogens (tertiary/aromatic N) is 1. The van der Waals surface area contributed by atoms with Crippen LogP contribution in [-0.2, 0) is 6.54 Å². The summed E-state index contributed by atoms with van der Waals surface area (Å²) in [4.78, 5) is 16.2. The van der Waals surface area contributed by atoms with E-state index in [9.17, 15) is 4.79 Å². The number of nitrogens with two attached hydrogens (primary N) is 1. The van der Waals surface area contributed by atoms with Crippen LogP contribution in [0, 0.1) is 0 Å². The zero-order valence-electron chi connectivity index (χ0n) is 16.4. The van der Waals surface area contributed by atoms with Gasteiger partial charge in [0.15, 0.2) is 11.5 Å². The first-order valence-corrected chi connectivity index (χ1v) is 9.64. The predicted molar refractivity (Wildman–Crippen MR) is 113 cm³/mol. The number of hydrogen-bond acceptors (Lipinski definition) is 5. The van der Waals surface area contributed by atoms with Gasteiger partial charge in [0.25, 0.3) is 5.91 Å². The van der Waals surface area contributed by atoms with Gasteiger partial charge in [-0.05, 0) is 48.4 Å². The number of benzene rings is 2. The lowest BCUT2D eigenvalue weighted by Gasteiger charge is -2.12. The van der Waals surface area contributed by atoms with E-state index in [0.29, 0.717) is 30.2 Å². The Balaban J connectivity index is 1.58. The highest BCUT2D eigenvalue weighted by Gasteiger charge is 2.10. The van der Waals surface area contributed by atoms with E-state index in [0.717, 1.165) is 24.2 Å². The van der Waals surface area contributed by atoms with Gasteiger partial charge < -0.3 is 20.5 Å². The summed E-state index contributed by atoms with van der Waals surface area (Å²) in [6.45, 7) is 3.17. The Morgan fingerprint density at radius 2 is 1.79 bits per heavy atom. The molecule has 3 rings (SSSR count). The van der Waals surface area contributed by atoms with Crippen molar-refractivity contribution in [3.63, 3.8) is 0 Å². The van der Waals surface area contributed by atoms with Gasteiger partial charge in [-0.3, -0.25) is 4.79 Å². The third-order valence-electron chi connectivity index (χ3n) is 4.29. The number of para-hydroxylation sites is 2. The molecule has 0 atom stereocenters. The van der Waals surface area contributed by atoms with Crippen molar-refractivity contribution in [2.24, 2.45) is 0 Å². The third kappa shape index (κ3) is 5.72. The van der Waals surface area contributed by atoms with E-state index < -0.39 is 0 Å². The summed E-state index contributed by atoms with van der Waals surface area (Å²) in [6.07, 6.45) is 3.63. The van der Waals surface area contributed by atoms with Crippen LogP contribution in [0.5, 0.6) is 17.2 Å². The minimum atomic E-state index is -0.255. The molecule has 0 aliphatic carbocycles. The maximum atomic E-state index is 12.2. The molecule has 0 saturated carbocycles. The van der Waals surface area contributed by atoms with Crippen LogP contribution < -0.4 is 20.5 Å². The van der Waals surface area contributed by atoms with E-state index in [2.05, 4.69) is 17.2 Å². The highest BCUT2D eigenvalue weighted by molar-refractivity contribution is 5.98. The molecular formula is C23H25N3O3. The zero-order valence-corrected chi connectivity index (χ0v) is 16.4. The molecule has 0 bridgehead atoms. The largest absolute Gasteiger partial charge is 0.490 e. The number of nitrogens with one attached hydrogen (secondary N) is 1. The van der Waals surface area contributed by atoms with Crippen LogP contribution in [0.25, 0.3) is 0 Å². The smallest absolute Gasteiger partial charge is 0.255 e. The lowest BCUT2D eigenvalue weighted by molar-refractivity contribution is 0.0951. The van der Waals surface area contributed by atoms with Crippen molar-refractivity contribution < 1.29 is 14.3 Å². The lowest BCUT2D eigenvalue weighted by Crippen LogP contribution is -2.24. The first-order chi connectivity index (χ1) is 14.2. The van der Waals surface area contributed by atoms with Crippen molar-refractivity contribution in [3.05, 3.63) is 78.0 Å². The van der Waals surface area contributed by atoms with Gasteiger partial charge in [-0.25, -0.2) is 4.98 Å². The van der Waals surface area contributed by atoms with E-state index in [4.69, 9.17) is 15.2 Å². The van der Waals surface area contributed by atoms with Crippen molar-refractivity contribution in [1.29, 1.82) is 0 Å². The van der Waals surface area contributed by atoms with Gasteiger partial charge in [0.05, 0.1) is 12.2 Å². The number of pyridine rings is 1. The fourth-order valence-corrected chi connectivity index (χ4v) is 2.67. The molecule has 29 heavy (non-hydrogen) atoms. The Bertz CT molecular complexity index is 942. The second kappa shape index (κ2) is 10.1. The maximum Gasteiger partial charge on any atom is 0.255 e. The number of anilines is 1. The fourth-order valence-electron chi connectivity index (χ4n) is 2.67. The Kier molecular flexibility index (Phi) is 7.05. The van der Waals surface area contributed by atoms with E-state index in [1.54, 1.807) is 18.3 Å². The number of aromatic nitrogens is 1. The minimum Gasteiger partial charge on any atom is -0.490 e. The van der Waals surface area contributed by atoms with Gasteiger partial charge in [0.2, 0.25) is 0 Å². The fraction of sp³-hybridized carbons (Fsp3) is 0.217. The molecule has 0 aliphatic rings. The number of hydrogen-bond donors (Lipinski definition) is 2. The Morgan fingerprint density at radius 3 is 2.52 bits per heavy atom. The molecule has 0 aliphatic heterocycles. The van der Waals surface area contributed by atoms with Gasteiger partial charge in [-0.2, -0.15) is 0 Å². The summed E-state index contributed by atoms with van der Waals surface area (Å²) in [6, 6.07) is 18.5. The number of nitrogen functional groups attached to an aromatic ring is 1. The van der Waals surface area contributed by atoms with Crippen LogP contribution in [0.2, 0.25) is 0 Å². The van der Waals surface area contributed by atoms with Crippen LogP contribution in [0.15, 0.2) is 66.9 Å². The van der Waals surface area contributed by atoms with Crippen LogP contribution in [0.1, 0.15) is 35.7 Å². The number of amides is 1. The zero-order chi connectivity index (χ0) is 20.5. The normalized spacial score (nSPS) is 10.4. The van der Waals surface area contributed by atoms with E-state index in [-0.39, 0.29) is 11.7 Å². The summed E-state index contributed by atoms with van der Waals surface area (Å²) in [7, 11) is 0. The number of ether oxygens (including phenoxy) is 2. The minimum absolute atomic E-state index is 0.216. The van der Waals surface area contributed by atoms with Gasteiger partial charge in [-0.1, -0.05) is 37.6 Å². The van der Waals surface area contributed by atoms with Crippen molar-refractivity contribution in [1.82, 2.24) is 10.3 Å². The van der Waals surface area contributed by atoms with E-state index in [1.807, 2.05) is 48.5 Å². The average molecular weight is 391 g/mol. The van der Waals surface area contributed by atoms with Gasteiger partial charge in [-0.15, -0.1) is 0 Å². The monoisotopic (exact) mass is 391 g/mol. The first kappa shape index (κ1) is 20.2. The standard InChI is InChI=1S/C23H25N3O3/c1-2-3-15-28-20-8-4-5-9-21(20)29-18-12-10-17(11-13-18)16-26-23(27)19-7-6-14-25-22(19)24/h4-14H,2-3,15-16H2,1H3,(H2,24,25)(H,26,27). The summed E-state index contributed by atoms with van der Waals surface area (Å²) in [5.74, 6) is 2.06. The SMILES string of the molecule is CCCCOc1ccccc1Oc1ccc(CNC(=O)c2cccnc2N)cc1. The molecule has 6 heteroatoms. The molecule has 0 spiro atoms. The van der Waals surface area contributed by atoms with Crippen molar-refractivity contribution >= 4 is 11.7 Å². The molecule has 1 aromatic heterocycles. The second-order valence-electron chi connectivity index (χ2n) is 6.51. The maximum absolute atomic E-state index is 12.2. The average Bonchev–Trinajstić information content (AvgIpc) is 2.75. The van der Waals surface area contributed by atoms with E-state index in [1.165, 1.54) is 0 Å². The molecular weight excluding hydrogens is 366 g/mol. The highest BCUT2D eigenvalue weighted by atomic mass is 16.5. The third-order valence-corrected chi connectivity index (χ3v) is 4.29. The van der Waals surface area contributed by atoms with Crippen LogP contribution >= 0.6 is 0 Å². The Hall–Kier alpha value is -3.54. The van der Waals surface area contributed by atoms with Crippen LogP contribution in [0.4, 0.5) is 5.82 Å². The highest BCUT2D eigenvalue weighted by Crippen LogP contribution is 2.31. The lowest BCUT2D eigenvalue weighted by atomic mass is 10.2. The van der Waals surface area contributed by atoms with Gasteiger partial charge in [0.1, 0.15) is 11.6 Å². The Labute approximate surface area is 170 Å². The van der Waals surface area contributed by atoms with Gasteiger partial charge in [0, 0.05) is 12.7 Å². The summed E-state index contributed by atoms with van der Waals surface area (Å²) in [5, 5.41) is 2.84. The molecule has 3 N–H and O–H groups in total.